The van der Waals surface area contributed by atoms with E-state index in [0.717, 1.165) is 54.3 Å². The molecule has 0 aliphatic carbocycles. The average molecular weight is 393 g/mol. The Kier molecular flexibility index (Phi) is 4.57. The zero-order valence-electron chi connectivity index (χ0n) is 16.2. The third-order valence-corrected chi connectivity index (χ3v) is 4.97. The van der Waals surface area contributed by atoms with Gasteiger partial charge in [-0.1, -0.05) is 6.07 Å². The summed E-state index contributed by atoms with van der Waals surface area (Å²) in [4.78, 5) is 6.78. The van der Waals surface area contributed by atoms with Gasteiger partial charge in [-0.25, -0.2) is 9.50 Å². The first-order valence-corrected chi connectivity index (χ1v) is 9.78. The van der Waals surface area contributed by atoms with Gasteiger partial charge in [0.25, 0.3) is 0 Å². The second kappa shape index (κ2) is 7.38. The number of aromatic nitrogens is 3. The molecule has 1 atom stereocenters. The average Bonchev–Trinajstić information content (AvgIpc) is 3.36. The molecule has 3 aromatic heterocycles. The van der Waals surface area contributed by atoms with E-state index in [4.69, 9.17) is 19.6 Å². The van der Waals surface area contributed by atoms with Crippen LogP contribution >= 0.6 is 0 Å². The monoisotopic (exact) mass is 393 g/mol. The molecule has 2 N–H and O–H groups in total. The third kappa shape index (κ3) is 3.41. The summed E-state index contributed by atoms with van der Waals surface area (Å²) in [6.07, 6.45) is 1.77. The maximum absolute atomic E-state index is 6.17. The highest BCUT2D eigenvalue weighted by Crippen LogP contribution is 2.34. The summed E-state index contributed by atoms with van der Waals surface area (Å²) < 4.78 is 19.1. The van der Waals surface area contributed by atoms with Crippen LogP contribution in [0, 0.1) is 0 Å². The number of hydrogen-bond acceptors (Lipinski definition) is 7. The van der Waals surface area contributed by atoms with Gasteiger partial charge in [-0.2, -0.15) is 0 Å². The molecule has 0 bridgehead atoms. The van der Waals surface area contributed by atoms with Crippen molar-refractivity contribution in [2.75, 3.05) is 37.8 Å². The largest absolute Gasteiger partial charge is 0.475 e. The number of morpholine rings is 1. The van der Waals surface area contributed by atoms with Gasteiger partial charge in [-0.3, -0.25) is 0 Å². The molecular weight excluding hydrogens is 370 g/mol. The molecule has 1 aliphatic heterocycles. The number of hydrogen-bond donors (Lipinski definition) is 1. The van der Waals surface area contributed by atoms with Gasteiger partial charge < -0.3 is 24.5 Å². The Bertz CT molecular complexity index is 1140. The van der Waals surface area contributed by atoms with E-state index in [0.29, 0.717) is 18.2 Å². The smallest absolute Gasteiger partial charge is 0.231 e. The third-order valence-electron chi connectivity index (χ3n) is 4.97. The van der Waals surface area contributed by atoms with Gasteiger partial charge in [0.1, 0.15) is 17.9 Å². The molecule has 1 unspecified atom stereocenters. The fraction of sp³-hybridized carbons (Fsp3) is 0.333. The fourth-order valence-electron chi connectivity index (χ4n) is 3.57. The molecule has 150 valence electrons. The van der Waals surface area contributed by atoms with Crippen molar-refractivity contribution >= 4 is 22.3 Å². The van der Waals surface area contributed by atoms with E-state index in [1.165, 1.54) is 0 Å². The van der Waals surface area contributed by atoms with E-state index in [1.807, 2.05) is 25.1 Å². The Morgan fingerprint density at radius 3 is 2.90 bits per heavy atom. The topological polar surface area (TPSA) is 91.0 Å². The summed E-state index contributed by atoms with van der Waals surface area (Å²) in [6.45, 7) is 5.51. The lowest BCUT2D eigenvalue weighted by molar-refractivity contribution is 0.123. The molecule has 0 amide bonds. The van der Waals surface area contributed by atoms with Crippen molar-refractivity contribution in [1.82, 2.24) is 14.6 Å². The lowest BCUT2D eigenvalue weighted by Crippen LogP contribution is -2.36. The van der Waals surface area contributed by atoms with Crippen LogP contribution in [0.4, 0.5) is 5.69 Å². The van der Waals surface area contributed by atoms with Crippen molar-refractivity contribution < 1.29 is 13.9 Å². The van der Waals surface area contributed by atoms with Gasteiger partial charge in [0, 0.05) is 36.3 Å². The molecule has 29 heavy (non-hydrogen) atoms. The summed E-state index contributed by atoms with van der Waals surface area (Å²) in [5.41, 5.74) is 9.26. The van der Waals surface area contributed by atoms with Crippen LogP contribution < -0.4 is 15.4 Å². The molecule has 0 spiro atoms. The Balaban J connectivity index is 1.55. The van der Waals surface area contributed by atoms with Crippen LogP contribution in [-0.2, 0) is 4.74 Å². The molecule has 1 saturated heterocycles. The first-order chi connectivity index (χ1) is 14.2. The van der Waals surface area contributed by atoms with Crippen molar-refractivity contribution in [2.24, 2.45) is 5.73 Å². The minimum Gasteiger partial charge on any atom is -0.475 e. The summed E-state index contributed by atoms with van der Waals surface area (Å²) in [7, 11) is 0. The van der Waals surface area contributed by atoms with Gasteiger partial charge in [0.05, 0.1) is 19.4 Å². The molecule has 1 aromatic carbocycles. The first-order valence-electron chi connectivity index (χ1n) is 9.78. The Hall–Kier alpha value is -3.10. The van der Waals surface area contributed by atoms with Crippen LogP contribution in [0.5, 0.6) is 5.88 Å². The summed E-state index contributed by atoms with van der Waals surface area (Å²) in [5, 5.41) is 5.63. The van der Waals surface area contributed by atoms with Crippen molar-refractivity contribution in [3.8, 4) is 17.3 Å². The number of anilines is 1. The quantitative estimate of drug-likeness (QED) is 0.557. The Morgan fingerprint density at radius 2 is 2.07 bits per heavy atom. The molecule has 1 aliphatic rings. The number of nitrogens with two attached hydrogens (primary N) is 1. The molecule has 0 radical (unpaired) electrons. The first kappa shape index (κ1) is 18.0. The molecule has 1 fully saturated rings. The van der Waals surface area contributed by atoms with Crippen molar-refractivity contribution in [3.05, 3.63) is 42.6 Å². The van der Waals surface area contributed by atoms with Crippen LogP contribution in [0.15, 0.2) is 47.0 Å². The second-order valence-corrected chi connectivity index (χ2v) is 7.27. The number of ether oxygens (including phenoxy) is 2. The van der Waals surface area contributed by atoms with Crippen molar-refractivity contribution in [2.45, 2.75) is 13.0 Å². The zero-order chi connectivity index (χ0) is 19.8. The van der Waals surface area contributed by atoms with Crippen LogP contribution in [0.3, 0.4) is 0 Å². The molecular formula is C21H23N5O3. The van der Waals surface area contributed by atoms with Crippen LogP contribution in [0.2, 0.25) is 0 Å². The van der Waals surface area contributed by atoms with Gasteiger partial charge in [-0.05, 0) is 31.2 Å². The van der Waals surface area contributed by atoms with E-state index in [1.54, 1.807) is 16.8 Å². The van der Waals surface area contributed by atoms with Gasteiger partial charge >= 0.3 is 0 Å². The number of imidazole rings is 1. The van der Waals surface area contributed by atoms with Gasteiger partial charge in [0.15, 0.2) is 11.4 Å². The minimum atomic E-state index is -0.0660. The van der Waals surface area contributed by atoms with E-state index in [9.17, 15) is 0 Å². The number of fused-ring (bicyclic) bond motifs is 2. The highest BCUT2D eigenvalue weighted by molar-refractivity contribution is 5.94. The fourth-order valence-corrected chi connectivity index (χ4v) is 3.57. The summed E-state index contributed by atoms with van der Waals surface area (Å²) in [5.74, 6) is 1.21. The molecule has 8 nitrogen and oxygen atoms in total. The highest BCUT2D eigenvalue weighted by Gasteiger charge is 2.18. The van der Waals surface area contributed by atoms with Crippen LogP contribution in [0.1, 0.15) is 6.92 Å². The van der Waals surface area contributed by atoms with Crippen molar-refractivity contribution in [1.29, 1.82) is 0 Å². The maximum atomic E-state index is 6.17. The van der Waals surface area contributed by atoms with E-state index < -0.39 is 0 Å². The molecule has 8 heteroatoms. The number of furan rings is 1. The van der Waals surface area contributed by atoms with Gasteiger partial charge in [-0.15, -0.1) is 5.10 Å². The summed E-state index contributed by atoms with van der Waals surface area (Å²) >= 11 is 0. The maximum Gasteiger partial charge on any atom is 0.231 e. The van der Waals surface area contributed by atoms with Gasteiger partial charge in [0.2, 0.25) is 5.88 Å². The van der Waals surface area contributed by atoms with Crippen LogP contribution in [-0.4, -0.2) is 53.6 Å². The Morgan fingerprint density at radius 1 is 1.21 bits per heavy atom. The van der Waals surface area contributed by atoms with Crippen LogP contribution in [0.25, 0.3) is 28.1 Å². The summed E-state index contributed by atoms with van der Waals surface area (Å²) in [6, 6.07) is 11.8. The normalized spacial score (nSPS) is 15.9. The number of benzene rings is 1. The number of nitrogens with zero attached hydrogens (tertiary/aromatic N) is 4. The SMILES string of the molecule is CC(N)COc1ccc2ncc(-c3cc4c(N5CCOCC5)cccc4o3)n2n1. The highest BCUT2D eigenvalue weighted by atomic mass is 16.5. The van der Waals surface area contributed by atoms with E-state index in [-0.39, 0.29) is 6.04 Å². The standard InChI is InChI=1S/C21H23N5O3/c1-14(22)13-28-21-6-5-20-23-12-17(26(20)24-21)19-11-15-16(3-2-4-18(15)29-19)25-7-9-27-10-8-25/h2-6,11-12,14H,7-10,13,22H2,1H3. The minimum absolute atomic E-state index is 0.0660. The second-order valence-electron chi connectivity index (χ2n) is 7.27. The van der Waals surface area contributed by atoms with Crippen molar-refractivity contribution in [3.63, 3.8) is 0 Å². The lowest BCUT2D eigenvalue weighted by Gasteiger charge is -2.29. The predicted molar refractivity (Wildman–Crippen MR) is 110 cm³/mol. The number of rotatable bonds is 5. The molecule has 4 heterocycles. The van der Waals surface area contributed by atoms with E-state index in [2.05, 4.69) is 27.1 Å². The molecule has 0 saturated carbocycles. The molecule has 4 aromatic rings. The molecule has 5 rings (SSSR count). The predicted octanol–water partition coefficient (Wildman–Crippen LogP) is 2.71. The lowest BCUT2D eigenvalue weighted by atomic mass is 10.2. The Labute approximate surface area is 167 Å². The van der Waals surface area contributed by atoms with E-state index >= 15 is 0 Å². The zero-order valence-corrected chi connectivity index (χ0v) is 16.2.